The van der Waals surface area contributed by atoms with Crippen LogP contribution in [-0.4, -0.2) is 59.4 Å². The van der Waals surface area contributed by atoms with Crippen molar-refractivity contribution in [2.75, 3.05) is 33.9 Å². The van der Waals surface area contributed by atoms with Crippen molar-refractivity contribution in [3.05, 3.63) is 83.2 Å². The Labute approximate surface area is 239 Å². The predicted octanol–water partition coefficient (Wildman–Crippen LogP) is 5.41. The zero-order valence-corrected chi connectivity index (χ0v) is 23.6. The Bertz CT molecular complexity index is 1560. The number of fused-ring (bicyclic) bond motifs is 2. The number of para-hydroxylation sites is 1. The number of hydrogen-bond donors (Lipinski definition) is 1. The van der Waals surface area contributed by atoms with E-state index in [-0.39, 0.29) is 5.56 Å². The van der Waals surface area contributed by atoms with Crippen LogP contribution in [0.5, 0.6) is 17.2 Å². The van der Waals surface area contributed by atoms with Crippen molar-refractivity contribution in [2.24, 2.45) is 0 Å². The van der Waals surface area contributed by atoms with Gasteiger partial charge in [0.2, 0.25) is 0 Å². The lowest BCUT2D eigenvalue weighted by molar-refractivity contribution is -0.0685. The molecule has 1 atom stereocenters. The van der Waals surface area contributed by atoms with Gasteiger partial charge in [0.25, 0.3) is 5.79 Å². The molecular weight excluding hydrogens is 522 g/mol. The Morgan fingerprint density at radius 1 is 1.07 bits per heavy atom. The van der Waals surface area contributed by atoms with E-state index in [2.05, 4.69) is 15.5 Å². The van der Waals surface area contributed by atoms with Gasteiger partial charge in [0.15, 0.2) is 11.5 Å². The summed E-state index contributed by atoms with van der Waals surface area (Å²) in [5.74, 6) is 1.84. The number of carboxylic acids is 1. The van der Waals surface area contributed by atoms with Gasteiger partial charge in [-0.2, -0.15) is 0 Å². The second kappa shape index (κ2) is 11.1. The highest BCUT2D eigenvalue weighted by Crippen LogP contribution is 2.49. The largest absolute Gasteiger partial charge is 0.497 e. The fourth-order valence-electron chi connectivity index (χ4n) is 5.94. The SMILES string of the molecule is COCCn1c(CN2CCC(c3cccc4c3OC(C)(c3ccc(OC)cc3)O4)CC2)nc2ccc(C(=O)O)cc21. The quantitative estimate of drug-likeness (QED) is 0.292. The van der Waals surface area contributed by atoms with Gasteiger partial charge in [-0.05, 0) is 80.4 Å². The first kappa shape index (κ1) is 27.1. The summed E-state index contributed by atoms with van der Waals surface area (Å²) in [6.07, 6.45) is 1.97. The third-order valence-electron chi connectivity index (χ3n) is 8.21. The van der Waals surface area contributed by atoms with Gasteiger partial charge in [0, 0.05) is 31.7 Å². The zero-order valence-electron chi connectivity index (χ0n) is 23.6. The van der Waals surface area contributed by atoms with E-state index >= 15 is 0 Å². The lowest BCUT2D eigenvalue weighted by Gasteiger charge is -2.32. The molecule has 0 radical (unpaired) electrons. The number of carbonyl (C=O) groups is 1. The van der Waals surface area contributed by atoms with E-state index in [4.69, 9.17) is 23.9 Å². The van der Waals surface area contributed by atoms with Crippen LogP contribution in [0, 0.1) is 0 Å². The van der Waals surface area contributed by atoms with Gasteiger partial charge in [-0.1, -0.05) is 12.1 Å². The molecule has 214 valence electrons. The van der Waals surface area contributed by atoms with E-state index in [1.54, 1.807) is 32.4 Å². The molecular formula is C32H35N3O6. The minimum Gasteiger partial charge on any atom is -0.497 e. The molecule has 1 aromatic heterocycles. The van der Waals surface area contributed by atoms with E-state index in [9.17, 15) is 9.90 Å². The molecule has 0 amide bonds. The number of imidazole rings is 1. The maximum Gasteiger partial charge on any atom is 0.335 e. The number of ether oxygens (including phenoxy) is 4. The highest BCUT2D eigenvalue weighted by Gasteiger charge is 2.41. The number of benzene rings is 3. The third kappa shape index (κ3) is 5.23. The third-order valence-corrected chi connectivity index (χ3v) is 8.21. The lowest BCUT2D eigenvalue weighted by Crippen LogP contribution is -2.34. The molecule has 1 saturated heterocycles. The van der Waals surface area contributed by atoms with Gasteiger partial charge in [-0.25, -0.2) is 9.78 Å². The number of aromatic nitrogens is 2. The average Bonchev–Trinajstić information content (AvgIpc) is 3.52. The Morgan fingerprint density at radius 3 is 2.56 bits per heavy atom. The normalized spacial score (nSPS) is 19.1. The van der Waals surface area contributed by atoms with Crippen LogP contribution in [0.1, 0.15) is 53.0 Å². The number of rotatable bonds is 9. The Kier molecular flexibility index (Phi) is 7.32. The topological polar surface area (TPSA) is 95.3 Å². The smallest absolute Gasteiger partial charge is 0.335 e. The summed E-state index contributed by atoms with van der Waals surface area (Å²) in [5.41, 5.74) is 4.00. The maximum absolute atomic E-state index is 11.6. The van der Waals surface area contributed by atoms with Gasteiger partial charge in [0.05, 0.1) is 36.9 Å². The number of piperidine rings is 1. The Hall–Kier alpha value is -4.08. The second-order valence-electron chi connectivity index (χ2n) is 10.8. The molecule has 0 bridgehead atoms. The molecule has 1 fully saturated rings. The van der Waals surface area contributed by atoms with Crippen molar-refractivity contribution in [1.82, 2.24) is 14.5 Å². The monoisotopic (exact) mass is 557 g/mol. The van der Waals surface area contributed by atoms with Crippen molar-refractivity contribution in [2.45, 2.75) is 44.6 Å². The Balaban J connectivity index is 1.17. The molecule has 0 saturated carbocycles. The molecule has 9 heteroatoms. The number of nitrogens with zero attached hydrogens (tertiary/aromatic N) is 3. The molecule has 6 rings (SSSR count). The molecule has 3 aromatic carbocycles. The van der Waals surface area contributed by atoms with Crippen molar-refractivity contribution in [1.29, 1.82) is 0 Å². The van der Waals surface area contributed by atoms with Crippen molar-refractivity contribution >= 4 is 17.0 Å². The number of methoxy groups -OCH3 is 2. The standard InChI is InChI=1S/C32H35N3O6/c1-32(23-8-10-24(39-3)11-9-23)40-28-6-4-5-25(30(28)41-32)21-13-15-34(16-14-21)20-29-33-26-12-7-22(31(36)37)19-27(26)35(29)17-18-38-2/h4-12,19,21H,13-18,20H2,1-3H3,(H,36,37). The predicted molar refractivity (Wildman–Crippen MR) is 154 cm³/mol. The highest BCUT2D eigenvalue weighted by molar-refractivity contribution is 5.92. The number of likely N-dealkylation sites (tertiary alicyclic amines) is 1. The number of aromatic carboxylic acids is 1. The van der Waals surface area contributed by atoms with Crippen LogP contribution in [0.2, 0.25) is 0 Å². The van der Waals surface area contributed by atoms with Crippen LogP contribution in [0.15, 0.2) is 60.7 Å². The molecule has 2 aliphatic rings. The van der Waals surface area contributed by atoms with Gasteiger partial charge in [0.1, 0.15) is 11.6 Å². The fraction of sp³-hybridized carbons (Fsp3) is 0.375. The van der Waals surface area contributed by atoms with E-state index < -0.39 is 11.8 Å². The van der Waals surface area contributed by atoms with Crippen LogP contribution in [-0.2, 0) is 23.6 Å². The van der Waals surface area contributed by atoms with Crippen LogP contribution in [0.4, 0.5) is 0 Å². The summed E-state index contributed by atoms with van der Waals surface area (Å²) >= 11 is 0. The molecule has 9 nitrogen and oxygen atoms in total. The summed E-state index contributed by atoms with van der Waals surface area (Å²) in [4.78, 5) is 18.8. The lowest BCUT2D eigenvalue weighted by atomic mass is 9.88. The van der Waals surface area contributed by atoms with Crippen LogP contribution in [0.25, 0.3) is 11.0 Å². The summed E-state index contributed by atoms with van der Waals surface area (Å²) in [6.45, 7) is 5.61. The molecule has 0 spiro atoms. The van der Waals surface area contributed by atoms with E-state index in [0.717, 1.165) is 65.6 Å². The average molecular weight is 558 g/mol. The van der Waals surface area contributed by atoms with Crippen molar-refractivity contribution < 1.29 is 28.8 Å². The van der Waals surface area contributed by atoms with Crippen LogP contribution in [0.3, 0.4) is 0 Å². The van der Waals surface area contributed by atoms with E-state index in [0.29, 0.717) is 25.6 Å². The van der Waals surface area contributed by atoms with Gasteiger partial charge in [-0.15, -0.1) is 0 Å². The highest BCUT2D eigenvalue weighted by atomic mass is 16.7. The molecule has 1 N–H and O–H groups in total. The van der Waals surface area contributed by atoms with Gasteiger partial charge in [-0.3, -0.25) is 4.90 Å². The summed E-state index contributed by atoms with van der Waals surface area (Å²) in [5, 5.41) is 9.48. The fourth-order valence-corrected chi connectivity index (χ4v) is 5.94. The molecule has 3 heterocycles. The number of hydrogen-bond acceptors (Lipinski definition) is 7. The molecule has 0 aliphatic carbocycles. The Morgan fingerprint density at radius 2 is 1.85 bits per heavy atom. The van der Waals surface area contributed by atoms with Gasteiger partial charge >= 0.3 is 5.97 Å². The van der Waals surface area contributed by atoms with Crippen LogP contribution < -0.4 is 14.2 Å². The molecule has 1 unspecified atom stereocenters. The first-order valence-corrected chi connectivity index (χ1v) is 14.0. The first-order valence-electron chi connectivity index (χ1n) is 14.0. The van der Waals surface area contributed by atoms with E-state index in [1.807, 2.05) is 43.3 Å². The molecule has 41 heavy (non-hydrogen) atoms. The maximum atomic E-state index is 11.6. The van der Waals surface area contributed by atoms with Crippen molar-refractivity contribution in [3.63, 3.8) is 0 Å². The zero-order chi connectivity index (χ0) is 28.6. The molecule has 4 aromatic rings. The van der Waals surface area contributed by atoms with Crippen molar-refractivity contribution in [3.8, 4) is 17.2 Å². The summed E-state index contributed by atoms with van der Waals surface area (Å²) in [7, 11) is 3.32. The minimum atomic E-state index is -0.943. The minimum absolute atomic E-state index is 0.258. The second-order valence-corrected chi connectivity index (χ2v) is 10.8. The summed E-state index contributed by atoms with van der Waals surface area (Å²) < 4.78 is 25.6. The van der Waals surface area contributed by atoms with Gasteiger partial charge < -0.3 is 28.6 Å². The molecule has 2 aliphatic heterocycles. The van der Waals surface area contributed by atoms with E-state index in [1.165, 1.54) is 5.56 Å². The van der Waals surface area contributed by atoms with Crippen LogP contribution >= 0.6 is 0 Å². The first-order chi connectivity index (χ1) is 19.9. The summed E-state index contributed by atoms with van der Waals surface area (Å²) in [6, 6.07) is 19.1. The number of carboxylic acid groups (broad SMARTS) is 1.